The Morgan fingerprint density at radius 1 is 1.50 bits per heavy atom. The van der Waals surface area contributed by atoms with Crippen molar-refractivity contribution in [1.29, 1.82) is 0 Å². The van der Waals surface area contributed by atoms with Crippen LogP contribution in [-0.2, 0) is 4.79 Å². The normalized spacial score (nSPS) is 30.8. The van der Waals surface area contributed by atoms with E-state index in [4.69, 9.17) is 5.11 Å². The van der Waals surface area contributed by atoms with E-state index < -0.39 is 24.7 Å². The Morgan fingerprint density at radius 2 is 2.08 bits per heavy atom. The van der Waals surface area contributed by atoms with Gasteiger partial charge in [-0.1, -0.05) is 0 Å². The lowest BCUT2D eigenvalue weighted by Crippen LogP contribution is -2.47. The maximum absolute atomic E-state index is 12.0. The van der Waals surface area contributed by atoms with Crippen molar-refractivity contribution in [3.05, 3.63) is 0 Å². The fraction of sp³-hybridized carbons (Fsp3) is 0.833. The standard InChI is InChI=1S/C6H7F3NO2/c7-6(8,9)5(12)1-2-10(3-5)4-11/h12H,1-3H2/t5-/m0/s1. The first-order valence-electron chi connectivity index (χ1n) is 3.31. The SMILES string of the molecule is O=[C]N1CC[C@@](O)(C(F)(F)F)C1. The van der Waals surface area contributed by atoms with Crippen LogP contribution in [0.1, 0.15) is 6.42 Å². The van der Waals surface area contributed by atoms with Gasteiger partial charge in [0, 0.05) is 13.0 Å². The maximum Gasteiger partial charge on any atom is 0.419 e. The summed E-state index contributed by atoms with van der Waals surface area (Å²) >= 11 is 0. The highest BCUT2D eigenvalue weighted by Crippen LogP contribution is 2.36. The molecule has 1 atom stereocenters. The number of β-amino-alcohol motifs (C(OH)–C–C–N with tert-alkyl or cyclic N) is 1. The quantitative estimate of drug-likeness (QED) is 0.622. The van der Waals surface area contributed by atoms with Crippen LogP contribution in [0, 0.1) is 0 Å². The van der Waals surface area contributed by atoms with Gasteiger partial charge < -0.3 is 10.0 Å². The van der Waals surface area contributed by atoms with Gasteiger partial charge in [0.2, 0.25) is 0 Å². The number of carbonyl (C=O) groups excluding carboxylic acids is 1. The van der Waals surface area contributed by atoms with Crippen molar-refractivity contribution >= 4 is 6.41 Å². The summed E-state index contributed by atoms with van der Waals surface area (Å²) < 4.78 is 36.1. The van der Waals surface area contributed by atoms with E-state index in [1.165, 1.54) is 6.41 Å². The molecule has 0 aliphatic carbocycles. The Labute approximate surface area is 66.8 Å². The van der Waals surface area contributed by atoms with Crippen LogP contribution in [0.15, 0.2) is 0 Å². The number of aliphatic hydroxyl groups is 1. The van der Waals surface area contributed by atoms with Crippen LogP contribution in [0.25, 0.3) is 0 Å². The average Bonchev–Trinajstić information content (AvgIpc) is 2.31. The minimum atomic E-state index is -4.67. The molecule has 12 heavy (non-hydrogen) atoms. The Bertz CT molecular complexity index is 194. The zero-order valence-electron chi connectivity index (χ0n) is 6.06. The molecule has 1 fully saturated rings. The van der Waals surface area contributed by atoms with Crippen molar-refractivity contribution in [3.63, 3.8) is 0 Å². The van der Waals surface area contributed by atoms with Crippen LogP contribution in [0.3, 0.4) is 0 Å². The van der Waals surface area contributed by atoms with Gasteiger partial charge in [0.15, 0.2) is 5.60 Å². The number of rotatable bonds is 1. The lowest BCUT2D eigenvalue weighted by Gasteiger charge is -2.24. The van der Waals surface area contributed by atoms with Crippen LogP contribution < -0.4 is 0 Å². The summed E-state index contributed by atoms with van der Waals surface area (Å²) in [4.78, 5) is 10.7. The lowest BCUT2D eigenvalue weighted by molar-refractivity contribution is -0.253. The van der Waals surface area contributed by atoms with Crippen LogP contribution in [0.4, 0.5) is 13.2 Å². The first kappa shape index (κ1) is 9.31. The van der Waals surface area contributed by atoms with E-state index in [-0.39, 0.29) is 6.54 Å². The van der Waals surface area contributed by atoms with E-state index in [9.17, 15) is 18.0 Å². The van der Waals surface area contributed by atoms with Crippen LogP contribution >= 0.6 is 0 Å². The Balaban J connectivity index is 2.70. The predicted octanol–water partition coefficient (Wildman–Crippen LogP) is 0.0527. The number of amides is 1. The fourth-order valence-electron chi connectivity index (χ4n) is 1.10. The molecule has 0 unspecified atom stereocenters. The number of hydrogen-bond acceptors (Lipinski definition) is 2. The molecule has 0 spiro atoms. The van der Waals surface area contributed by atoms with Gasteiger partial charge in [-0.05, 0) is 0 Å². The Kier molecular flexibility index (Phi) is 2.03. The average molecular weight is 182 g/mol. The smallest absolute Gasteiger partial charge is 0.379 e. The molecule has 6 heteroatoms. The third-order valence-electron chi connectivity index (χ3n) is 1.90. The van der Waals surface area contributed by atoms with Gasteiger partial charge in [-0.2, -0.15) is 13.2 Å². The summed E-state index contributed by atoms with van der Waals surface area (Å²) in [6, 6.07) is 0. The third kappa shape index (κ3) is 1.38. The minimum Gasteiger partial charge on any atom is -0.379 e. The van der Waals surface area contributed by atoms with Crippen molar-refractivity contribution in [2.24, 2.45) is 0 Å². The van der Waals surface area contributed by atoms with Gasteiger partial charge in [-0.3, -0.25) is 4.79 Å². The van der Waals surface area contributed by atoms with Crippen molar-refractivity contribution in [3.8, 4) is 0 Å². The van der Waals surface area contributed by atoms with Crippen molar-refractivity contribution in [1.82, 2.24) is 4.90 Å². The second-order valence-electron chi connectivity index (χ2n) is 2.79. The highest BCUT2D eigenvalue weighted by molar-refractivity contribution is 5.49. The molecule has 1 saturated heterocycles. The van der Waals surface area contributed by atoms with Crippen LogP contribution in [0.5, 0.6) is 0 Å². The largest absolute Gasteiger partial charge is 0.419 e. The van der Waals surface area contributed by atoms with Gasteiger partial charge in [0.05, 0.1) is 6.54 Å². The monoisotopic (exact) mass is 182 g/mol. The molecule has 1 rings (SSSR count). The molecular weight excluding hydrogens is 175 g/mol. The fourth-order valence-corrected chi connectivity index (χ4v) is 1.10. The van der Waals surface area contributed by atoms with Crippen LogP contribution in [-0.4, -0.2) is 41.3 Å². The highest BCUT2D eigenvalue weighted by Gasteiger charge is 2.57. The molecule has 1 aliphatic rings. The lowest BCUT2D eigenvalue weighted by atomic mass is 10.0. The molecule has 1 heterocycles. The number of likely N-dealkylation sites (tertiary alicyclic amines) is 1. The molecule has 69 valence electrons. The molecule has 0 aromatic carbocycles. The molecule has 3 nitrogen and oxygen atoms in total. The van der Waals surface area contributed by atoms with E-state index in [2.05, 4.69) is 0 Å². The first-order valence-corrected chi connectivity index (χ1v) is 3.31. The summed E-state index contributed by atoms with van der Waals surface area (Å²) in [6.07, 6.45) is -3.82. The van der Waals surface area contributed by atoms with Gasteiger partial charge in [0.25, 0.3) is 0 Å². The minimum absolute atomic E-state index is 0.0977. The molecule has 1 amide bonds. The van der Waals surface area contributed by atoms with E-state index in [1.54, 1.807) is 0 Å². The van der Waals surface area contributed by atoms with Gasteiger partial charge in [0.1, 0.15) is 0 Å². The van der Waals surface area contributed by atoms with Crippen molar-refractivity contribution < 1.29 is 23.1 Å². The van der Waals surface area contributed by atoms with Gasteiger partial charge >= 0.3 is 12.6 Å². The molecule has 0 bridgehead atoms. The Morgan fingerprint density at radius 3 is 2.33 bits per heavy atom. The molecule has 1 radical (unpaired) electrons. The zero-order chi connectivity index (χ0) is 9.41. The molecule has 1 N–H and O–H groups in total. The molecule has 0 saturated carbocycles. The summed E-state index contributed by atoms with van der Waals surface area (Å²) in [5.41, 5.74) is -2.73. The molecule has 0 aromatic heterocycles. The van der Waals surface area contributed by atoms with E-state index in [0.717, 1.165) is 4.90 Å². The first-order chi connectivity index (χ1) is 5.39. The second kappa shape index (κ2) is 2.62. The second-order valence-corrected chi connectivity index (χ2v) is 2.79. The highest BCUT2D eigenvalue weighted by atomic mass is 19.4. The van der Waals surface area contributed by atoms with Gasteiger partial charge in [-0.15, -0.1) is 0 Å². The van der Waals surface area contributed by atoms with Crippen molar-refractivity contribution in [2.45, 2.75) is 18.2 Å². The Hall–Kier alpha value is -0.780. The molecule has 1 aliphatic heterocycles. The number of hydrogen-bond donors (Lipinski definition) is 1. The predicted molar refractivity (Wildman–Crippen MR) is 32.9 cm³/mol. The zero-order valence-corrected chi connectivity index (χ0v) is 6.06. The number of nitrogens with zero attached hydrogens (tertiary/aromatic N) is 1. The van der Waals surface area contributed by atoms with Gasteiger partial charge in [-0.25, -0.2) is 0 Å². The number of alkyl halides is 3. The summed E-state index contributed by atoms with van der Waals surface area (Å²) in [5.74, 6) is 0. The summed E-state index contributed by atoms with van der Waals surface area (Å²) in [6.45, 7) is -0.806. The molecular formula is C6H7F3NO2. The third-order valence-corrected chi connectivity index (χ3v) is 1.90. The van der Waals surface area contributed by atoms with E-state index in [0.29, 0.717) is 0 Å². The number of halogens is 3. The van der Waals surface area contributed by atoms with E-state index in [1.807, 2.05) is 0 Å². The van der Waals surface area contributed by atoms with Crippen molar-refractivity contribution in [2.75, 3.05) is 13.1 Å². The van der Waals surface area contributed by atoms with Crippen LogP contribution in [0.2, 0.25) is 0 Å². The maximum atomic E-state index is 12.0. The summed E-state index contributed by atoms with van der Waals surface area (Å²) in [7, 11) is 0. The molecule has 0 aromatic rings. The summed E-state index contributed by atoms with van der Waals surface area (Å²) in [5, 5.41) is 8.98. The topological polar surface area (TPSA) is 40.5 Å². The van der Waals surface area contributed by atoms with E-state index >= 15 is 0 Å².